The third-order valence-electron chi connectivity index (χ3n) is 4.34. The molecule has 0 aliphatic heterocycles. The van der Waals surface area contributed by atoms with Crippen LogP contribution in [0.2, 0.25) is 18.1 Å². The monoisotopic (exact) mass is 328 g/mol. The summed E-state index contributed by atoms with van der Waals surface area (Å²) in [6, 6.07) is 3.16. The molecule has 0 unspecified atom stereocenters. The molecule has 4 nitrogen and oxygen atoms in total. The van der Waals surface area contributed by atoms with Gasteiger partial charge in [-0.25, -0.2) is 0 Å². The van der Waals surface area contributed by atoms with E-state index in [2.05, 4.69) is 32.2 Å². The topological polar surface area (TPSA) is 55.8 Å². The number of carbonyl (C=O) groups excluding carboxylic acids is 1. The minimum absolute atomic E-state index is 0.0644. The summed E-state index contributed by atoms with van der Waals surface area (Å²) < 4.78 is 11.0. The van der Waals surface area contributed by atoms with E-state index in [1.807, 2.05) is 13.8 Å². The van der Waals surface area contributed by atoms with Crippen molar-refractivity contribution in [1.29, 1.82) is 0 Å². The lowest BCUT2D eigenvalue weighted by molar-refractivity contribution is -0.268. The average Bonchev–Trinajstić information content (AvgIpc) is 2.49. The van der Waals surface area contributed by atoms with Gasteiger partial charge in [0.2, 0.25) is 5.78 Å². The first kappa shape index (κ1) is 21.3. The van der Waals surface area contributed by atoms with Crippen molar-refractivity contribution in [2.45, 2.75) is 78.0 Å². The Balaban J connectivity index is 4.91. The molecule has 0 aromatic carbocycles. The molecule has 0 radical (unpaired) electrons. The van der Waals surface area contributed by atoms with E-state index in [0.717, 1.165) is 18.1 Å². The Hall–Kier alpha value is -0.673. The van der Waals surface area contributed by atoms with Gasteiger partial charge in [-0.3, -0.25) is 4.79 Å². The maximum absolute atomic E-state index is 12.1. The summed E-state index contributed by atoms with van der Waals surface area (Å²) in [6.07, 6.45) is -1.08. The van der Waals surface area contributed by atoms with Gasteiger partial charge in [0.15, 0.2) is 5.79 Å². The van der Waals surface area contributed by atoms with Gasteiger partial charge in [0.25, 0.3) is 0 Å². The molecule has 0 fully saturated rings. The molecule has 128 valence electrons. The number of ether oxygens (including phenoxy) is 2. The second-order valence-electron chi connectivity index (χ2n) is 5.62. The Morgan fingerprint density at radius 3 is 1.91 bits per heavy atom. The van der Waals surface area contributed by atoms with Crippen molar-refractivity contribution >= 4 is 13.9 Å². The predicted octanol–water partition coefficient (Wildman–Crippen LogP) is 3.15. The highest BCUT2D eigenvalue weighted by molar-refractivity contribution is 6.87. The summed E-state index contributed by atoms with van der Waals surface area (Å²) in [5, 5.41) is 10.3. The van der Waals surface area contributed by atoms with Gasteiger partial charge in [-0.15, -0.1) is 5.54 Å². The van der Waals surface area contributed by atoms with Crippen molar-refractivity contribution in [3.63, 3.8) is 0 Å². The van der Waals surface area contributed by atoms with Crippen LogP contribution in [0.1, 0.15) is 48.0 Å². The molecule has 0 saturated carbocycles. The number of hydrogen-bond acceptors (Lipinski definition) is 4. The summed E-state index contributed by atoms with van der Waals surface area (Å²) >= 11 is 0. The van der Waals surface area contributed by atoms with Crippen molar-refractivity contribution in [2.75, 3.05) is 13.2 Å². The normalized spacial score (nSPS) is 13.4. The first-order chi connectivity index (χ1) is 10.3. The van der Waals surface area contributed by atoms with Gasteiger partial charge in [-0.05, 0) is 44.8 Å². The Bertz CT molecular complexity index is 379. The highest BCUT2D eigenvalue weighted by Crippen LogP contribution is 2.21. The lowest BCUT2D eigenvalue weighted by atomic mass is 10.1. The lowest BCUT2D eigenvalue weighted by Crippen LogP contribution is -2.45. The Morgan fingerprint density at radius 1 is 1.09 bits per heavy atom. The molecule has 5 heteroatoms. The molecule has 0 rings (SSSR count). The van der Waals surface area contributed by atoms with E-state index >= 15 is 0 Å². The molecule has 0 aromatic heterocycles. The smallest absolute Gasteiger partial charge is 0.207 e. The number of ketones is 1. The third kappa shape index (κ3) is 6.21. The van der Waals surface area contributed by atoms with Crippen LogP contribution in [0.5, 0.6) is 0 Å². The van der Waals surface area contributed by atoms with E-state index in [4.69, 9.17) is 9.47 Å². The van der Waals surface area contributed by atoms with E-state index in [-0.39, 0.29) is 12.2 Å². The van der Waals surface area contributed by atoms with Crippen molar-refractivity contribution < 1.29 is 19.4 Å². The first-order valence-electron chi connectivity index (χ1n) is 8.34. The fourth-order valence-electron chi connectivity index (χ4n) is 2.44. The fourth-order valence-corrected chi connectivity index (χ4v) is 4.87. The predicted molar refractivity (Wildman–Crippen MR) is 92.3 cm³/mol. The number of aliphatic hydroxyl groups is 1. The molecule has 0 aliphatic rings. The number of aliphatic hydroxyl groups excluding tert-OH is 1. The maximum atomic E-state index is 12.1. The second kappa shape index (κ2) is 10.2. The molecule has 0 amide bonds. The molecular formula is C17H32O4Si. The Labute approximate surface area is 136 Å². The van der Waals surface area contributed by atoms with E-state index in [0.29, 0.717) is 13.2 Å². The zero-order valence-electron chi connectivity index (χ0n) is 15.0. The molecule has 0 heterocycles. The molecule has 22 heavy (non-hydrogen) atoms. The molecule has 0 saturated heterocycles. The van der Waals surface area contributed by atoms with E-state index in [1.54, 1.807) is 6.92 Å². The zero-order valence-corrected chi connectivity index (χ0v) is 16.0. The standard InChI is InChI=1S/C17H32O4Si/c1-7-20-17(6,21-8-2)16(19)14-15(18)12-13-22(9-3,10-4)11-5/h16,19H,7-11,14H2,1-6H3/t16-/m1/s1. The Kier molecular flexibility index (Phi) is 9.86. The van der Waals surface area contributed by atoms with Gasteiger partial charge in [0.05, 0.1) is 6.42 Å². The SMILES string of the molecule is CCOC(C)(OCC)[C@H](O)CC(=O)C#C[Si](CC)(CC)CC. The molecule has 0 bridgehead atoms. The molecule has 1 atom stereocenters. The molecule has 1 N–H and O–H groups in total. The van der Waals surface area contributed by atoms with Crippen molar-refractivity contribution in [3.05, 3.63) is 0 Å². The van der Waals surface area contributed by atoms with Crippen LogP contribution in [-0.4, -0.2) is 44.1 Å². The quantitative estimate of drug-likeness (QED) is 0.380. The maximum Gasteiger partial charge on any atom is 0.207 e. The average molecular weight is 329 g/mol. The summed E-state index contributed by atoms with van der Waals surface area (Å²) in [7, 11) is -1.63. The summed E-state index contributed by atoms with van der Waals surface area (Å²) in [4.78, 5) is 12.1. The van der Waals surface area contributed by atoms with E-state index in [9.17, 15) is 9.90 Å². The van der Waals surface area contributed by atoms with Gasteiger partial charge in [-0.1, -0.05) is 20.8 Å². The highest BCUT2D eigenvalue weighted by atomic mass is 28.3. The molecular weight excluding hydrogens is 296 g/mol. The Morgan fingerprint density at radius 2 is 1.55 bits per heavy atom. The molecule has 0 spiro atoms. The van der Waals surface area contributed by atoms with Gasteiger partial charge < -0.3 is 14.6 Å². The lowest BCUT2D eigenvalue weighted by Gasteiger charge is -2.33. The zero-order chi connectivity index (χ0) is 17.2. The number of rotatable bonds is 10. The highest BCUT2D eigenvalue weighted by Gasteiger charge is 2.35. The van der Waals surface area contributed by atoms with E-state index < -0.39 is 20.0 Å². The minimum Gasteiger partial charge on any atom is -0.387 e. The molecule has 0 aliphatic carbocycles. The van der Waals surface area contributed by atoms with E-state index in [1.165, 1.54) is 0 Å². The van der Waals surface area contributed by atoms with Crippen molar-refractivity contribution in [3.8, 4) is 11.5 Å². The van der Waals surface area contributed by atoms with Crippen molar-refractivity contribution in [2.24, 2.45) is 0 Å². The van der Waals surface area contributed by atoms with Crippen LogP contribution in [0.4, 0.5) is 0 Å². The fraction of sp³-hybridized carbons (Fsp3) is 0.824. The van der Waals surface area contributed by atoms with Gasteiger partial charge in [-0.2, -0.15) is 0 Å². The first-order valence-corrected chi connectivity index (χ1v) is 11.0. The minimum atomic E-state index is -1.63. The van der Waals surface area contributed by atoms with Crippen LogP contribution < -0.4 is 0 Å². The van der Waals surface area contributed by atoms with Crippen LogP contribution in [0, 0.1) is 11.5 Å². The second-order valence-corrected chi connectivity index (χ2v) is 10.5. The van der Waals surface area contributed by atoms with Crippen LogP contribution in [-0.2, 0) is 14.3 Å². The van der Waals surface area contributed by atoms with Crippen LogP contribution in [0.25, 0.3) is 0 Å². The summed E-state index contributed by atoms with van der Waals surface area (Å²) in [5.41, 5.74) is 3.25. The van der Waals surface area contributed by atoms with Crippen LogP contribution in [0.15, 0.2) is 0 Å². The number of carbonyl (C=O) groups is 1. The summed E-state index contributed by atoms with van der Waals surface area (Å²) in [5.74, 6) is 1.36. The van der Waals surface area contributed by atoms with Crippen LogP contribution >= 0.6 is 0 Å². The number of Topliss-reactive ketones (excluding diaryl/α,β-unsaturated/α-hetero) is 1. The third-order valence-corrected chi connectivity index (χ3v) is 9.06. The van der Waals surface area contributed by atoms with Gasteiger partial charge in [0, 0.05) is 13.2 Å². The van der Waals surface area contributed by atoms with Gasteiger partial charge in [0.1, 0.15) is 14.2 Å². The van der Waals surface area contributed by atoms with Crippen LogP contribution in [0.3, 0.4) is 0 Å². The largest absolute Gasteiger partial charge is 0.387 e. The van der Waals surface area contributed by atoms with Crippen molar-refractivity contribution in [1.82, 2.24) is 0 Å². The van der Waals surface area contributed by atoms with Gasteiger partial charge >= 0.3 is 0 Å². The molecule has 0 aromatic rings. The summed E-state index contributed by atoms with van der Waals surface area (Å²) in [6.45, 7) is 12.6. The number of hydrogen-bond donors (Lipinski definition) is 1.